The summed E-state index contributed by atoms with van der Waals surface area (Å²) in [5.74, 6) is 0. The fourth-order valence-corrected chi connectivity index (χ4v) is 2.41. The third-order valence-corrected chi connectivity index (χ3v) is 3.02. The summed E-state index contributed by atoms with van der Waals surface area (Å²) in [5.41, 5.74) is 1.98. The Kier molecular flexibility index (Phi) is 2.86. The summed E-state index contributed by atoms with van der Waals surface area (Å²) in [7, 11) is 0. The fourth-order valence-electron chi connectivity index (χ4n) is 1.72. The van der Waals surface area contributed by atoms with Crippen molar-refractivity contribution >= 4 is 45.8 Å². The Hall–Kier alpha value is -1.36. The summed E-state index contributed by atoms with van der Waals surface area (Å²) in [4.78, 5) is 8.24. The van der Waals surface area contributed by atoms with Gasteiger partial charge in [-0.2, -0.15) is 10.1 Å². The molecule has 0 saturated carbocycles. The van der Waals surface area contributed by atoms with Gasteiger partial charge in [-0.05, 0) is 29.8 Å². The maximum Gasteiger partial charge on any atom is 0.224 e. The summed E-state index contributed by atoms with van der Waals surface area (Å²) in [6.07, 6.45) is 1.63. The predicted octanol–water partition coefficient (Wildman–Crippen LogP) is 3.98. The summed E-state index contributed by atoms with van der Waals surface area (Å²) in [6.45, 7) is 0. The number of aromatic amines is 1. The first-order chi connectivity index (χ1) is 8.63. The zero-order valence-corrected chi connectivity index (χ0v) is 11.1. The number of aromatic nitrogens is 4. The predicted molar refractivity (Wildman–Crippen MR) is 72.1 cm³/mol. The van der Waals surface area contributed by atoms with Gasteiger partial charge in [0.25, 0.3) is 0 Å². The fraction of sp³-hybridized carbons (Fsp3) is 0. The molecule has 0 radical (unpaired) electrons. The number of fused-ring (bicyclic) bond motifs is 1. The number of rotatable bonds is 1. The SMILES string of the molecule is Clc1cc(Cl)cc(-c2nc(Cl)nc3[nH]ncc23)c1. The number of halogens is 3. The Bertz CT molecular complexity index is 718. The van der Waals surface area contributed by atoms with Crippen LogP contribution in [0.15, 0.2) is 24.4 Å². The Balaban J connectivity index is 2.33. The molecule has 90 valence electrons. The van der Waals surface area contributed by atoms with Gasteiger partial charge in [-0.25, -0.2) is 4.98 Å². The Morgan fingerprint density at radius 3 is 2.39 bits per heavy atom. The molecule has 0 atom stereocenters. The van der Waals surface area contributed by atoms with Crippen LogP contribution in [0.1, 0.15) is 0 Å². The molecule has 4 nitrogen and oxygen atoms in total. The minimum atomic E-state index is 0.137. The first kappa shape index (κ1) is 11.7. The van der Waals surface area contributed by atoms with Gasteiger partial charge >= 0.3 is 0 Å². The number of hydrogen-bond donors (Lipinski definition) is 1. The van der Waals surface area contributed by atoms with Crippen molar-refractivity contribution < 1.29 is 0 Å². The van der Waals surface area contributed by atoms with Gasteiger partial charge in [-0.1, -0.05) is 23.2 Å². The van der Waals surface area contributed by atoms with E-state index in [1.54, 1.807) is 24.4 Å². The van der Waals surface area contributed by atoms with Gasteiger partial charge in [0.15, 0.2) is 5.65 Å². The second kappa shape index (κ2) is 4.39. The minimum absolute atomic E-state index is 0.137. The van der Waals surface area contributed by atoms with Gasteiger partial charge in [-0.15, -0.1) is 0 Å². The number of hydrogen-bond acceptors (Lipinski definition) is 3. The molecule has 0 fully saturated rings. The van der Waals surface area contributed by atoms with E-state index in [2.05, 4.69) is 20.2 Å². The summed E-state index contributed by atoms with van der Waals surface area (Å²) >= 11 is 17.8. The van der Waals surface area contributed by atoms with E-state index in [-0.39, 0.29) is 5.28 Å². The molecule has 0 aliphatic carbocycles. The first-order valence-electron chi connectivity index (χ1n) is 4.96. The van der Waals surface area contributed by atoms with Gasteiger partial charge < -0.3 is 0 Å². The molecule has 0 aliphatic heterocycles. The molecule has 0 bridgehead atoms. The van der Waals surface area contributed by atoms with Crippen molar-refractivity contribution in [2.75, 3.05) is 0 Å². The van der Waals surface area contributed by atoms with Gasteiger partial charge in [-0.3, -0.25) is 5.10 Å². The lowest BCUT2D eigenvalue weighted by atomic mass is 10.1. The van der Waals surface area contributed by atoms with E-state index in [0.717, 1.165) is 10.9 Å². The molecule has 7 heteroatoms. The first-order valence-corrected chi connectivity index (χ1v) is 6.10. The molecule has 3 rings (SSSR count). The highest BCUT2D eigenvalue weighted by molar-refractivity contribution is 6.35. The minimum Gasteiger partial charge on any atom is -0.261 e. The van der Waals surface area contributed by atoms with Crippen LogP contribution in [0.25, 0.3) is 22.3 Å². The molecule has 0 spiro atoms. The second-order valence-electron chi connectivity index (χ2n) is 3.63. The lowest BCUT2D eigenvalue weighted by molar-refractivity contribution is 1.09. The maximum absolute atomic E-state index is 5.98. The molecule has 2 heterocycles. The lowest BCUT2D eigenvalue weighted by Crippen LogP contribution is -1.90. The molecular weight excluding hydrogens is 295 g/mol. The maximum atomic E-state index is 5.98. The monoisotopic (exact) mass is 298 g/mol. The topological polar surface area (TPSA) is 54.5 Å². The van der Waals surface area contributed by atoms with Crippen molar-refractivity contribution in [2.45, 2.75) is 0 Å². The van der Waals surface area contributed by atoms with E-state index in [4.69, 9.17) is 34.8 Å². The summed E-state index contributed by atoms with van der Waals surface area (Å²) < 4.78 is 0. The molecule has 1 aromatic carbocycles. The average molecular weight is 300 g/mol. The van der Waals surface area contributed by atoms with Crippen LogP contribution in [0.3, 0.4) is 0 Å². The van der Waals surface area contributed by atoms with Crippen LogP contribution >= 0.6 is 34.8 Å². The smallest absolute Gasteiger partial charge is 0.224 e. The third-order valence-electron chi connectivity index (χ3n) is 2.42. The zero-order valence-electron chi connectivity index (χ0n) is 8.78. The van der Waals surface area contributed by atoms with E-state index in [1.165, 1.54) is 0 Å². The Morgan fingerprint density at radius 2 is 1.67 bits per heavy atom. The highest BCUT2D eigenvalue weighted by Gasteiger charge is 2.11. The molecule has 2 aromatic heterocycles. The van der Waals surface area contributed by atoms with Crippen LogP contribution < -0.4 is 0 Å². The van der Waals surface area contributed by atoms with Gasteiger partial charge in [0.05, 0.1) is 17.3 Å². The molecule has 1 N–H and O–H groups in total. The number of benzene rings is 1. The molecule has 0 aliphatic rings. The van der Waals surface area contributed by atoms with E-state index in [9.17, 15) is 0 Å². The van der Waals surface area contributed by atoms with Crippen molar-refractivity contribution in [2.24, 2.45) is 0 Å². The van der Waals surface area contributed by atoms with Crippen molar-refractivity contribution in [3.63, 3.8) is 0 Å². The Labute approximate surface area is 117 Å². The standard InChI is InChI=1S/C11H5Cl3N4/c12-6-1-5(2-7(13)3-6)9-8-4-15-18-10(8)17-11(14)16-9/h1-4H,(H,15,16,17,18). The van der Waals surface area contributed by atoms with E-state index in [0.29, 0.717) is 21.4 Å². The van der Waals surface area contributed by atoms with Crippen molar-refractivity contribution in [1.82, 2.24) is 20.2 Å². The van der Waals surface area contributed by atoms with Gasteiger partial charge in [0, 0.05) is 15.6 Å². The van der Waals surface area contributed by atoms with Crippen LogP contribution in [0.4, 0.5) is 0 Å². The lowest BCUT2D eigenvalue weighted by Gasteiger charge is -2.04. The number of H-pyrrole nitrogens is 1. The van der Waals surface area contributed by atoms with E-state index < -0.39 is 0 Å². The number of nitrogens with one attached hydrogen (secondary N) is 1. The quantitative estimate of drug-likeness (QED) is 0.691. The largest absolute Gasteiger partial charge is 0.261 e. The van der Waals surface area contributed by atoms with E-state index >= 15 is 0 Å². The molecular formula is C11H5Cl3N4. The summed E-state index contributed by atoms with van der Waals surface area (Å²) in [6, 6.07) is 5.18. The van der Waals surface area contributed by atoms with Crippen LogP contribution in [0.2, 0.25) is 15.3 Å². The van der Waals surface area contributed by atoms with E-state index in [1.807, 2.05) is 0 Å². The van der Waals surface area contributed by atoms with Gasteiger partial charge in [0.1, 0.15) is 0 Å². The van der Waals surface area contributed by atoms with Crippen LogP contribution in [-0.4, -0.2) is 20.2 Å². The van der Waals surface area contributed by atoms with Crippen molar-refractivity contribution in [3.8, 4) is 11.3 Å². The van der Waals surface area contributed by atoms with Gasteiger partial charge in [0.2, 0.25) is 5.28 Å². The van der Waals surface area contributed by atoms with Crippen LogP contribution in [-0.2, 0) is 0 Å². The molecule has 0 saturated heterocycles. The number of nitrogens with zero attached hydrogens (tertiary/aromatic N) is 3. The zero-order chi connectivity index (χ0) is 12.7. The molecule has 0 unspecified atom stereocenters. The highest BCUT2D eigenvalue weighted by atomic mass is 35.5. The normalized spacial score (nSPS) is 11.1. The molecule has 3 aromatic rings. The third kappa shape index (κ3) is 2.03. The average Bonchev–Trinajstić information content (AvgIpc) is 2.74. The van der Waals surface area contributed by atoms with Crippen LogP contribution in [0.5, 0.6) is 0 Å². The Morgan fingerprint density at radius 1 is 0.944 bits per heavy atom. The van der Waals surface area contributed by atoms with Crippen LogP contribution in [0, 0.1) is 0 Å². The van der Waals surface area contributed by atoms with Crippen molar-refractivity contribution in [1.29, 1.82) is 0 Å². The highest BCUT2D eigenvalue weighted by Crippen LogP contribution is 2.30. The molecule has 18 heavy (non-hydrogen) atoms. The molecule has 0 amide bonds. The summed E-state index contributed by atoms with van der Waals surface area (Å²) in [5, 5.41) is 8.63. The second-order valence-corrected chi connectivity index (χ2v) is 4.84. The van der Waals surface area contributed by atoms with Crippen molar-refractivity contribution in [3.05, 3.63) is 39.7 Å².